The van der Waals surface area contributed by atoms with Gasteiger partial charge in [-0.25, -0.2) is 13.1 Å². The van der Waals surface area contributed by atoms with E-state index in [9.17, 15) is 21.6 Å². The van der Waals surface area contributed by atoms with Crippen molar-refractivity contribution in [2.75, 3.05) is 31.1 Å². The number of hydrogen-bond acceptors (Lipinski definition) is 6. The van der Waals surface area contributed by atoms with Crippen LogP contribution in [0.2, 0.25) is 0 Å². The zero-order valence-corrected chi connectivity index (χ0v) is 17.3. The number of benzene rings is 1. The molecule has 0 bridgehead atoms. The molecule has 3 aromatic rings. The van der Waals surface area contributed by atoms with Gasteiger partial charge in [0.25, 0.3) is 0 Å². The first kappa shape index (κ1) is 21.2. The largest absolute Gasteiger partial charge is 0.417 e. The molecule has 8 nitrogen and oxygen atoms in total. The summed E-state index contributed by atoms with van der Waals surface area (Å²) in [5.74, 6) is 1.10. The van der Waals surface area contributed by atoms with Crippen LogP contribution in [0, 0.1) is 6.92 Å². The number of sulfonamides is 1. The van der Waals surface area contributed by atoms with E-state index >= 15 is 0 Å². The van der Waals surface area contributed by atoms with Crippen molar-refractivity contribution in [3.8, 4) is 5.82 Å². The van der Waals surface area contributed by atoms with E-state index in [1.807, 2.05) is 17.9 Å². The van der Waals surface area contributed by atoms with E-state index in [4.69, 9.17) is 0 Å². The average Bonchev–Trinajstić information content (AvgIpc) is 3.20. The van der Waals surface area contributed by atoms with E-state index in [2.05, 4.69) is 15.3 Å². The zero-order chi connectivity index (χ0) is 22.2. The molecule has 31 heavy (non-hydrogen) atoms. The van der Waals surface area contributed by atoms with Crippen LogP contribution in [0.4, 0.5) is 19.0 Å². The molecule has 1 saturated heterocycles. The van der Waals surface area contributed by atoms with Gasteiger partial charge in [0.05, 0.1) is 16.2 Å². The van der Waals surface area contributed by atoms with Crippen molar-refractivity contribution in [3.05, 3.63) is 59.9 Å². The van der Waals surface area contributed by atoms with E-state index in [-0.39, 0.29) is 26.2 Å². The van der Waals surface area contributed by atoms with Crippen molar-refractivity contribution in [1.29, 1.82) is 0 Å². The second kappa shape index (κ2) is 7.93. The Morgan fingerprint density at radius 3 is 2.13 bits per heavy atom. The molecule has 4 rings (SSSR count). The molecule has 164 valence electrons. The predicted molar refractivity (Wildman–Crippen MR) is 106 cm³/mol. The molecule has 0 amide bonds. The highest BCUT2D eigenvalue weighted by Crippen LogP contribution is 2.35. The lowest BCUT2D eigenvalue weighted by molar-refractivity contribution is -0.139. The van der Waals surface area contributed by atoms with Gasteiger partial charge in [0.1, 0.15) is 0 Å². The second-order valence-electron chi connectivity index (χ2n) is 7.04. The summed E-state index contributed by atoms with van der Waals surface area (Å²) in [6.07, 6.45) is -2.99. The molecule has 1 aliphatic rings. The fourth-order valence-corrected chi connectivity index (χ4v) is 5.01. The highest BCUT2D eigenvalue weighted by Gasteiger charge is 2.39. The lowest BCUT2D eigenvalue weighted by atomic mass is 10.2. The molecule has 0 radical (unpaired) electrons. The number of hydrogen-bond donors (Lipinski definition) is 0. The molecule has 1 fully saturated rings. The first-order valence-corrected chi connectivity index (χ1v) is 10.9. The van der Waals surface area contributed by atoms with Gasteiger partial charge >= 0.3 is 6.18 Å². The van der Waals surface area contributed by atoms with Crippen LogP contribution >= 0.6 is 0 Å². The van der Waals surface area contributed by atoms with Crippen molar-refractivity contribution in [2.24, 2.45) is 0 Å². The molecule has 0 saturated carbocycles. The summed E-state index contributed by atoms with van der Waals surface area (Å²) >= 11 is 0. The van der Waals surface area contributed by atoms with Crippen LogP contribution < -0.4 is 4.90 Å². The Labute approximate surface area is 177 Å². The highest BCUT2D eigenvalue weighted by atomic mass is 32.2. The van der Waals surface area contributed by atoms with E-state index < -0.39 is 26.7 Å². The summed E-state index contributed by atoms with van der Waals surface area (Å²) in [5, 5.41) is 12.6. The monoisotopic (exact) mass is 452 g/mol. The summed E-state index contributed by atoms with van der Waals surface area (Å²) in [6, 6.07) is 9.57. The topological polar surface area (TPSA) is 84.2 Å². The Morgan fingerprint density at radius 2 is 1.55 bits per heavy atom. The zero-order valence-electron chi connectivity index (χ0n) is 16.5. The molecule has 0 aliphatic carbocycles. The summed E-state index contributed by atoms with van der Waals surface area (Å²) in [7, 11) is -4.28. The third-order valence-corrected chi connectivity index (χ3v) is 6.92. The summed E-state index contributed by atoms with van der Waals surface area (Å²) in [4.78, 5) is 1.11. The van der Waals surface area contributed by atoms with Gasteiger partial charge in [-0.2, -0.15) is 22.6 Å². The summed E-state index contributed by atoms with van der Waals surface area (Å²) in [5.41, 5.74) is -0.317. The Morgan fingerprint density at radius 1 is 0.903 bits per heavy atom. The fraction of sp³-hybridized carbons (Fsp3) is 0.316. The van der Waals surface area contributed by atoms with Gasteiger partial charge in [-0.1, -0.05) is 12.1 Å². The quantitative estimate of drug-likeness (QED) is 0.605. The van der Waals surface area contributed by atoms with Crippen LogP contribution in [0.5, 0.6) is 0 Å². The highest BCUT2D eigenvalue weighted by molar-refractivity contribution is 7.89. The van der Waals surface area contributed by atoms with Gasteiger partial charge in [-0.05, 0) is 37.3 Å². The van der Waals surface area contributed by atoms with E-state index in [0.29, 0.717) is 11.6 Å². The SMILES string of the molecule is Cc1ccn(-c2ccc(N3CCN(S(=O)(=O)c4ccccc4C(F)(F)F)CC3)nn2)n1. The number of rotatable bonds is 4. The Hall–Kier alpha value is -2.99. The van der Waals surface area contributed by atoms with E-state index in [1.165, 1.54) is 12.1 Å². The molecule has 0 atom stereocenters. The molecule has 0 N–H and O–H groups in total. The van der Waals surface area contributed by atoms with E-state index in [0.717, 1.165) is 22.1 Å². The van der Waals surface area contributed by atoms with Gasteiger partial charge in [-0.3, -0.25) is 0 Å². The number of aryl methyl sites for hydroxylation is 1. The minimum absolute atomic E-state index is 0.0380. The van der Waals surface area contributed by atoms with Crippen LogP contribution in [0.3, 0.4) is 0 Å². The lowest BCUT2D eigenvalue weighted by Crippen LogP contribution is -2.49. The molecule has 0 unspecified atom stereocenters. The Balaban J connectivity index is 1.48. The molecular formula is C19H19F3N6O2S. The fourth-order valence-electron chi connectivity index (χ4n) is 3.37. The van der Waals surface area contributed by atoms with Crippen molar-refractivity contribution >= 4 is 15.8 Å². The minimum atomic E-state index is -4.75. The molecule has 1 aromatic carbocycles. The third-order valence-electron chi connectivity index (χ3n) is 4.97. The Bertz CT molecular complexity index is 1170. The maximum Gasteiger partial charge on any atom is 0.417 e. The standard InChI is InChI=1S/C19H19F3N6O2S/c1-14-8-9-28(25-14)18-7-6-17(23-24-18)26-10-12-27(13-11-26)31(29,30)16-5-3-2-4-15(16)19(20,21)22/h2-9H,10-13H2,1H3. The van der Waals surface area contributed by atoms with Crippen molar-refractivity contribution < 1.29 is 21.6 Å². The number of aromatic nitrogens is 4. The second-order valence-corrected chi connectivity index (χ2v) is 8.94. The lowest BCUT2D eigenvalue weighted by Gasteiger charge is -2.34. The van der Waals surface area contributed by atoms with Crippen molar-refractivity contribution in [3.63, 3.8) is 0 Å². The number of anilines is 1. The number of nitrogens with zero attached hydrogens (tertiary/aromatic N) is 6. The predicted octanol–water partition coefficient (Wildman–Crippen LogP) is 2.50. The first-order valence-electron chi connectivity index (χ1n) is 9.44. The maximum absolute atomic E-state index is 13.3. The summed E-state index contributed by atoms with van der Waals surface area (Å²) in [6.45, 7) is 2.50. The molecule has 2 aromatic heterocycles. The number of halogens is 3. The van der Waals surface area contributed by atoms with Crippen LogP contribution in [-0.2, 0) is 16.2 Å². The third kappa shape index (κ3) is 4.26. The van der Waals surface area contributed by atoms with Crippen LogP contribution in [0.1, 0.15) is 11.3 Å². The van der Waals surface area contributed by atoms with E-state index in [1.54, 1.807) is 23.0 Å². The van der Waals surface area contributed by atoms with Crippen molar-refractivity contribution in [1.82, 2.24) is 24.3 Å². The number of alkyl halides is 3. The minimum Gasteiger partial charge on any atom is -0.352 e. The normalized spacial score (nSPS) is 15.9. The number of piperazine rings is 1. The Kier molecular flexibility index (Phi) is 5.43. The summed E-state index contributed by atoms with van der Waals surface area (Å²) < 4.78 is 68.2. The van der Waals surface area contributed by atoms with Crippen LogP contribution in [-0.4, -0.2) is 58.9 Å². The van der Waals surface area contributed by atoms with Crippen LogP contribution in [0.15, 0.2) is 53.6 Å². The molecule has 1 aliphatic heterocycles. The van der Waals surface area contributed by atoms with Crippen molar-refractivity contribution in [2.45, 2.75) is 18.0 Å². The molecule has 0 spiro atoms. The van der Waals surface area contributed by atoms with Gasteiger partial charge < -0.3 is 4.90 Å². The molecule has 3 heterocycles. The molecule has 12 heteroatoms. The smallest absolute Gasteiger partial charge is 0.352 e. The van der Waals surface area contributed by atoms with Gasteiger partial charge in [0.15, 0.2) is 11.6 Å². The first-order chi connectivity index (χ1) is 14.7. The molecular weight excluding hydrogens is 433 g/mol. The average molecular weight is 452 g/mol. The van der Waals surface area contributed by atoms with Gasteiger partial charge in [0.2, 0.25) is 10.0 Å². The van der Waals surface area contributed by atoms with Gasteiger partial charge in [0, 0.05) is 32.4 Å². The van der Waals surface area contributed by atoms with Crippen LogP contribution in [0.25, 0.3) is 5.82 Å². The van der Waals surface area contributed by atoms with Gasteiger partial charge in [-0.15, -0.1) is 10.2 Å². The maximum atomic E-state index is 13.3.